The van der Waals surface area contributed by atoms with Gasteiger partial charge in [-0.1, -0.05) is 0 Å². The van der Waals surface area contributed by atoms with Crippen LogP contribution in [0.25, 0.3) is 0 Å². The molecule has 0 aliphatic rings. The number of benzene rings is 1. The molecule has 5 heteroatoms. The molecule has 18 heavy (non-hydrogen) atoms. The third-order valence-electron chi connectivity index (χ3n) is 2.71. The van der Waals surface area contributed by atoms with E-state index in [0.717, 1.165) is 5.69 Å². The molecule has 0 saturated carbocycles. The van der Waals surface area contributed by atoms with Gasteiger partial charge >= 0.3 is 0 Å². The predicted molar refractivity (Wildman–Crippen MR) is 72.2 cm³/mol. The van der Waals surface area contributed by atoms with Gasteiger partial charge in [-0.25, -0.2) is 0 Å². The first kappa shape index (κ1) is 13.8. The van der Waals surface area contributed by atoms with Crippen molar-refractivity contribution in [3.8, 4) is 6.07 Å². The smallest absolute Gasteiger partial charge is 0.241 e. The summed E-state index contributed by atoms with van der Waals surface area (Å²) >= 11 is 0. The van der Waals surface area contributed by atoms with E-state index in [1.54, 1.807) is 32.3 Å². The van der Waals surface area contributed by atoms with E-state index >= 15 is 0 Å². The van der Waals surface area contributed by atoms with Crippen LogP contribution in [0.4, 0.5) is 11.4 Å². The standard InChI is InChI=1S/C13H18N4O/c1-4-17(9-13(18)16(2)3)12-7-10(8-14)5-6-11(12)15/h5-7H,4,9,15H2,1-3H3. The molecule has 0 radical (unpaired) electrons. The molecule has 0 atom stereocenters. The van der Waals surface area contributed by atoms with Crippen LogP contribution in [-0.2, 0) is 4.79 Å². The van der Waals surface area contributed by atoms with Gasteiger partial charge < -0.3 is 15.5 Å². The van der Waals surface area contributed by atoms with E-state index in [4.69, 9.17) is 11.0 Å². The number of nitrogens with zero attached hydrogens (tertiary/aromatic N) is 3. The number of anilines is 2. The molecule has 0 unspecified atom stereocenters. The van der Waals surface area contributed by atoms with Crippen molar-refractivity contribution in [2.24, 2.45) is 0 Å². The van der Waals surface area contributed by atoms with E-state index in [1.807, 2.05) is 11.8 Å². The molecule has 1 aromatic carbocycles. The molecule has 5 nitrogen and oxygen atoms in total. The topological polar surface area (TPSA) is 73.4 Å². The number of nitrogen functional groups attached to an aromatic ring is 1. The molecule has 0 aliphatic heterocycles. The number of amides is 1. The van der Waals surface area contributed by atoms with Crippen LogP contribution in [-0.4, -0.2) is 38.0 Å². The molecule has 0 bridgehead atoms. The Balaban J connectivity index is 3.02. The summed E-state index contributed by atoms with van der Waals surface area (Å²) in [6.45, 7) is 2.85. The maximum Gasteiger partial charge on any atom is 0.241 e. The van der Waals surface area contributed by atoms with Gasteiger partial charge in [0.2, 0.25) is 5.91 Å². The van der Waals surface area contributed by atoms with Gasteiger partial charge in [0.15, 0.2) is 0 Å². The summed E-state index contributed by atoms with van der Waals surface area (Å²) in [6, 6.07) is 7.14. The number of rotatable bonds is 4. The first-order chi connectivity index (χ1) is 8.49. The summed E-state index contributed by atoms with van der Waals surface area (Å²) in [5, 5.41) is 8.89. The number of carbonyl (C=O) groups excluding carboxylic acids is 1. The second-order valence-electron chi connectivity index (χ2n) is 4.19. The average Bonchev–Trinajstić information content (AvgIpc) is 2.36. The number of hydrogen-bond donors (Lipinski definition) is 1. The average molecular weight is 246 g/mol. The molecule has 1 rings (SSSR count). The first-order valence-corrected chi connectivity index (χ1v) is 5.74. The molecule has 2 N–H and O–H groups in total. The highest BCUT2D eigenvalue weighted by Gasteiger charge is 2.14. The summed E-state index contributed by atoms with van der Waals surface area (Å²) in [5.74, 6) is -0.00129. The lowest BCUT2D eigenvalue weighted by Crippen LogP contribution is -2.36. The Bertz CT molecular complexity index is 476. The minimum Gasteiger partial charge on any atom is -0.397 e. The third kappa shape index (κ3) is 3.14. The van der Waals surface area contributed by atoms with E-state index in [-0.39, 0.29) is 12.5 Å². The van der Waals surface area contributed by atoms with Crippen LogP contribution in [0.2, 0.25) is 0 Å². The Morgan fingerprint density at radius 3 is 2.61 bits per heavy atom. The van der Waals surface area contributed by atoms with Crippen molar-refractivity contribution >= 4 is 17.3 Å². The van der Waals surface area contributed by atoms with Crippen LogP contribution in [0.1, 0.15) is 12.5 Å². The van der Waals surface area contributed by atoms with Gasteiger partial charge in [-0.2, -0.15) is 5.26 Å². The van der Waals surface area contributed by atoms with Gasteiger partial charge in [-0.3, -0.25) is 4.79 Å². The van der Waals surface area contributed by atoms with Crippen molar-refractivity contribution in [1.82, 2.24) is 4.90 Å². The number of nitriles is 1. The summed E-state index contributed by atoms with van der Waals surface area (Å²) in [6.07, 6.45) is 0. The number of hydrogen-bond acceptors (Lipinski definition) is 4. The quantitative estimate of drug-likeness (QED) is 0.806. The van der Waals surface area contributed by atoms with E-state index in [9.17, 15) is 4.79 Å². The van der Waals surface area contributed by atoms with E-state index in [0.29, 0.717) is 17.8 Å². The zero-order chi connectivity index (χ0) is 13.7. The molecule has 0 aromatic heterocycles. The lowest BCUT2D eigenvalue weighted by molar-refractivity contribution is -0.127. The summed E-state index contributed by atoms with van der Waals surface area (Å²) in [7, 11) is 3.43. The monoisotopic (exact) mass is 246 g/mol. The molecular weight excluding hydrogens is 228 g/mol. The Labute approximate surface area is 107 Å². The SMILES string of the molecule is CCN(CC(=O)N(C)C)c1cc(C#N)ccc1N. The van der Waals surface area contributed by atoms with Gasteiger partial charge in [-0.15, -0.1) is 0 Å². The van der Waals surface area contributed by atoms with Gasteiger partial charge in [0.25, 0.3) is 0 Å². The van der Waals surface area contributed by atoms with Crippen LogP contribution in [0.3, 0.4) is 0 Å². The van der Waals surface area contributed by atoms with Gasteiger partial charge in [0.1, 0.15) is 0 Å². The molecular formula is C13H18N4O. The van der Waals surface area contributed by atoms with Gasteiger partial charge in [0.05, 0.1) is 29.6 Å². The number of likely N-dealkylation sites (N-methyl/N-ethyl adjacent to an activating group) is 2. The van der Waals surface area contributed by atoms with Crippen LogP contribution in [0.15, 0.2) is 18.2 Å². The highest BCUT2D eigenvalue weighted by atomic mass is 16.2. The van der Waals surface area contributed by atoms with Crippen molar-refractivity contribution in [3.63, 3.8) is 0 Å². The fourth-order valence-electron chi connectivity index (χ4n) is 1.56. The number of nitrogens with two attached hydrogens (primary N) is 1. The highest BCUT2D eigenvalue weighted by Crippen LogP contribution is 2.24. The minimum atomic E-state index is -0.00129. The highest BCUT2D eigenvalue weighted by molar-refractivity contribution is 5.83. The zero-order valence-electron chi connectivity index (χ0n) is 11.0. The van der Waals surface area contributed by atoms with Crippen molar-refractivity contribution in [2.45, 2.75) is 6.92 Å². The van der Waals surface area contributed by atoms with E-state index in [2.05, 4.69) is 6.07 Å². The van der Waals surface area contributed by atoms with E-state index in [1.165, 1.54) is 4.90 Å². The second kappa shape index (κ2) is 5.92. The lowest BCUT2D eigenvalue weighted by atomic mass is 10.1. The molecule has 96 valence electrons. The Hall–Kier alpha value is -2.22. The van der Waals surface area contributed by atoms with Crippen LogP contribution >= 0.6 is 0 Å². The molecule has 1 aromatic rings. The van der Waals surface area contributed by atoms with Crippen LogP contribution < -0.4 is 10.6 Å². The van der Waals surface area contributed by atoms with Gasteiger partial charge in [0, 0.05) is 20.6 Å². The summed E-state index contributed by atoms with van der Waals surface area (Å²) < 4.78 is 0. The molecule has 0 spiro atoms. The fraction of sp³-hybridized carbons (Fsp3) is 0.385. The molecule has 1 amide bonds. The second-order valence-corrected chi connectivity index (χ2v) is 4.19. The first-order valence-electron chi connectivity index (χ1n) is 5.74. The van der Waals surface area contributed by atoms with Crippen molar-refractivity contribution in [1.29, 1.82) is 5.26 Å². The maximum atomic E-state index is 11.7. The van der Waals surface area contributed by atoms with Crippen molar-refractivity contribution < 1.29 is 4.79 Å². The summed E-state index contributed by atoms with van der Waals surface area (Å²) in [4.78, 5) is 15.1. The van der Waals surface area contributed by atoms with Crippen LogP contribution in [0.5, 0.6) is 0 Å². The maximum absolute atomic E-state index is 11.7. The van der Waals surface area contributed by atoms with Gasteiger partial charge in [-0.05, 0) is 25.1 Å². The molecule has 0 aliphatic carbocycles. The molecule has 0 heterocycles. The summed E-state index contributed by atoms with van der Waals surface area (Å²) in [5.41, 5.74) is 7.73. The Morgan fingerprint density at radius 2 is 2.11 bits per heavy atom. The lowest BCUT2D eigenvalue weighted by Gasteiger charge is -2.25. The van der Waals surface area contributed by atoms with Crippen molar-refractivity contribution in [3.05, 3.63) is 23.8 Å². The molecule has 0 saturated heterocycles. The molecule has 0 fully saturated rings. The largest absolute Gasteiger partial charge is 0.397 e. The zero-order valence-corrected chi connectivity index (χ0v) is 11.0. The van der Waals surface area contributed by atoms with E-state index < -0.39 is 0 Å². The van der Waals surface area contributed by atoms with Crippen LogP contribution in [0, 0.1) is 11.3 Å². The normalized spacial score (nSPS) is 9.67. The number of carbonyl (C=O) groups is 1. The third-order valence-corrected chi connectivity index (χ3v) is 2.71. The van der Waals surface area contributed by atoms with Crippen molar-refractivity contribution in [2.75, 3.05) is 37.8 Å². The predicted octanol–water partition coefficient (Wildman–Crippen LogP) is 1.05. The minimum absolute atomic E-state index is 0.00129. The Morgan fingerprint density at radius 1 is 1.44 bits per heavy atom. The Kier molecular flexibility index (Phi) is 4.55. The fourth-order valence-corrected chi connectivity index (χ4v) is 1.56.